The molecular formula is C26H25N3O2S. The van der Waals surface area contributed by atoms with Gasteiger partial charge in [-0.2, -0.15) is 0 Å². The van der Waals surface area contributed by atoms with Gasteiger partial charge in [0, 0.05) is 5.69 Å². The van der Waals surface area contributed by atoms with Gasteiger partial charge in [-0.25, -0.2) is 4.98 Å². The third-order valence-electron chi connectivity index (χ3n) is 5.51. The lowest BCUT2D eigenvalue weighted by Crippen LogP contribution is -2.23. The van der Waals surface area contributed by atoms with Crippen LogP contribution in [0.25, 0.3) is 16.6 Å². The molecule has 1 amide bonds. The van der Waals surface area contributed by atoms with Crippen molar-refractivity contribution in [2.24, 2.45) is 0 Å². The molecule has 0 radical (unpaired) electrons. The summed E-state index contributed by atoms with van der Waals surface area (Å²) in [6.45, 7) is 6.09. The van der Waals surface area contributed by atoms with E-state index in [1.54, 1.807) is 10.6 Å². The summed E-state index contributed by atoms with van der Waals surface area (Å²) < 4.78 is 1.63. The van der Waals surface area contributed by atoms with Gasteiger partial charge in [0.05, 0.1) is 22.3 Å². The summed E-state index contributed by atoms with van der Waals surface area (Å²) in [6, 6.07) is 21.0. The van der Waals surface area contributed by atoms with Gasteiger partial charge in [-0.15, -0.1) is 0 Å². The van der Waals surface area contributed by atoms with E-state index in [1.807, 2.05) is 74.5 Å². The molecule has 0 bridgehead atoms. The van der Waals surface area contributed by atoms with E-state index in [0.717, 1.165) is 34.5 Å². The van der Waals surface area contributed by atoms with Crippen LogP contribution in [0.15, 0.2) is 76.7 Å². The van der Waals surface area contributed by atoms with Crippen molar-refractivity contribution in [3.05, 3.63) is 93.8 Å². The van der Waals surface area contributed by atoms with Crippen molar-refractivity contribution < 1.29 is 4.79 Å². The number of benzene rings is 3. The van der Waals surface area contributed by atoms with Gasteiger partial charge < -0.3 is 5.32 Å². The van der Waals surface area contributed by atoms with Crippen LogP contribution in [0.2, 0.25) is 0 Å². The topological polar surface area (TPSA) is 64.0 Å². The zero-order valence-electron chi connectivity index (χ0n) is 18.4. The van der Waals surface area contributed by atoms with Crippen LogP contribution in [0.4, 0.5) is 5.69 Å². The minimum absolute atomic E-state index is 0.136. The van der Waals surface area contributed by atoms with Crippen LogP contribution < -0.4 is 10.9 Å². The van der Waals surface area contributed by atoms with Gasteiger partial charge in [0.15, 0.2) is 5.16 Å². The van der Waals surface area contributed by atoms with Crippen LogP contribution >= 0.6 is 11.8 Å². The molecule has 1 aromatic heterocycles. The number of carbonyl (C=O) groups excluding carboxylic acids is 1. The van der Waals surface area contributed by atoms with E-state index >= 15 is 0 Å². The number of para-hydroxylation sites is 1. The highest BCUT2D eigenvalue weighted by atomic mass is 32.2. The van der Waals surface area contributed by atoms with Crippen molar-refractivity contribution in [2.45, 2.75) is 32.3 Å². The Labute approximate surface area is 191 Å². The van der Waals surface area contributed by atoms with E-state index in [9.17, 15) is 9.59 Å². The monoisotopic (exact) mass is 443 g/mol. The number of anilines is 1. The first kappa shape index (κ1) is 21.8. The molecule has 0 unspecified atom stereocenters. The van der Waals surface area contributed by atoms with Gasteiger partial charge in [0.25, 0.3) is 5.56 Å². The number of amides is 1. The van der Waals surface area contributed by atoms with Gasteiger partial charge >= 0.3 is 0 Å². The summed E-state index contributed by atoms with van der Waals surface area (Å²) in [5.41, 5.74) is 5.30. The first-order chi connectivity index (χ1) is 15.5. The molecule has 1 N–H and O–H groups in total. The second kappa shape index (κ2) is 9.40. The van der Waals surface area contributed by atoms with Crippen molar-refractivity contribution in [3.8, 4) is 5.69 Å². The largest absolute Gasteiger partial charge is 0.325 e. The zero-order valence-corrected chi connectivity index (χ0v) is 19.2. The van der Waals surface area contributed by atoms with Crippen LogP contribution in [-0.2, 0) is 11.2 Å². The van der Waals surface area contributed by atoms with Crippen LogP contribution in [0.5, 0.6) is 0 Å². The van der Waals surface area contributed by atoms with Crippen LogP contribution in [0.3, 0.4) is 0 Å². The van der Waals surface area contributed by atoms with Crippen molar-refractivity contribution in [2.75, 3.05) is 11.1 Å². The molecule has 0 spiro atoms. The maximum Gasteiger partial charge on any atom is 0.266 e. The molecule has 0 saturated carbocycles. The molecule has 3 aromatic carbocycles. The van der Waals surface area contributed by atoms with Crippen molar-refractivity contribution in [1.82, 2.24) is 9.55 Å². The molecule has 162 valence electrons. The van der Waals surface area contributed by atoms with Crippen LogP contribution in [0.1, 0.15) is 23.6 Å². The smallest absolute Gasteiger partial charge is 0.266 e. The van der Waals surface area contributed by atoms with E-state index < -0.39 is 0 Å². The SMILES string of the molecule is CCc1cccc(NC(=O)CSc2nc3ccccc3c(=O)n2-c2cccc(C)c2C)c1. The molecule has 0 aliphatic heterocycles. The number of hydrogen-bond acceptors (Lipinski definition) is 4. The van der Waals surface area contributed by atoms with E-state index in [4.69, 9.17) is 4.98 Å². The number of hydrogen-bond donors (Lipinski definition) is 1. The number of aromatic nitrogens is 2. The Morgan fingerprint density at radius 3 is 2.62 bits per heavy atom. The standard InChI is InChI=1S/C26H25N3O2S/c1-4-19-10-8-11-20(15-19)27-24(30)16-32-26-28-22-13-6-5-12-21(22)25(31)29(26)23-14-7-9-17(2)18(23)3/h5-15H,4,16H2,1-3H3,(H,27,30). The molecule has 0 saturated heterocycles. The number of carbonyl (C=O) groups is 1. The Morgan fingerprint density at radius 2 is 1.81 bits per heavy atom. The number of rotatable bonds is 6. The Hall–Kier alpha value is -3.38. The number of fused-ring (bicyclic) bond motifs is 1. The molecule has 0 aliphatic rings. The average molecular weight is 444 g/mol. The number of nitrogens with one attached hydrogen (secondary N) is 1. The molecular weight excluding hydrogens is 418 g/mol. The molecule has 32 heavy (non-hydrogen) atoms. The molecule has 0 atom stereocenters. The maximum absolute atomic E-state index is 13.4. The Balaban J connectivity index is 1.69. The average Bonchev–Trinajstić information content (AvgIpc) is 2.80. The first-order valence-electron chi connectivity index (χ1n) is 10.6. The number of nitrogens with zero attached hydrogens (tertiary/aromatic N) is 2. The summed E-state index contributed by atoms with van der Waals surface area (Å²) in [5.74, 6) is 0.00426. The minimum Gasteiger partial charge on any atom is -0.325 e. The summed E-state index contributed by atoms with van der Waals surface area (Å²) >= 11 is 1.26. The molecule has 4 aromatic rings. The quantitative estimate of drug-likeness (QED) is 0.325. The fraction of sp³-hybridized carbons (Fsp3) is 0.192. The molecule has 6 heteroatoms. The highest BCUT2D eigenvalue weighted by Crippen LogP contribution is 2.24. The van der Waals surface area contributed by atoms with Gasteiger partial charge in [-0.1, -0.05) is 55.1 Å². The Kier molecular flexibility index (Phi) is 6.42. The molecule has 5 nitrogen and oxygen atoms in total. The lowest BCUT2D eigenvalue weighted by Gasteiger charge is -2.16. The molecule has 0 fully saturated rings. The highest BCUT2D eigenvalue weighted by molar-refractivity contribution is 7.99. The van der Waals surface area contributed by atoms with Crippen molar-refractivity contribution >= 4 is 34.3 Å². The summed E-state index contributed by atoms with van der Waals surface area (Å²) in [5, 5.41) is 4.00. The lowest BCUT2D eigenvalue weighted by molar-refractivity contribution is -0.113. The third kappa shape index (κ3) is 4.46. The van der Waals surface area contributed by atoms with Crippen LogP contribution in [-0.4, -0.2) is 21.2 Å². The van der Waals surface area contributed by atoms with E-state index in [1.165, 1.54) is 11.8 Å². The maximum atomic E-state index is 13.4. The fourth-order valence-electron chi connectivity index (χ4n) is 3.60. The summed E-state index contributed by atoms with van der Waals surface area (Å²) in [6.07, 6.45) is 0.904. The van der Waals surface area contributed by atoms with Crippen molar-refractivity contribution in [1.29, 1.82) is 0 Å². The van der Waals surface area contributed by atoms with Gasteiger partial charge in [0.1, 0.15) is 0 Å². The second-order valence-electron chi connectivity index (χ2n) is 7.66. The zero-order chi connectivity index (χ0) is 22.7. The van der Waals surface area contributed by atoms with E-state index in [-0.39, 0.29) is 17.2 Å². The number of aryl methyl sites for hydroxylation is 2. The van der Waals surface area contributed by atoms with E-state index in [2.05, 4.69) is 12.2 Å². The second-order valence-corrected chi connectivity index (χ2v) is 8.60. The molecule has 4 rings (SSSR count). The van der Waals surface area contributed by atoms with Gasteiger partial charge in [-0.3, -0.25) is 14.2 Å². The Morgan fingerprint density at radius 1 is 1.03 bits per heavy atom. The normalized spacial score (nSPS) is 11.0. The predicted octanol–water partition coefficient (Wildman–Crippen LogP) is 5.30. The van der Waals surface area contributed by atoms with Crippen molar-refractivity contribution in [3.63, 3.8) is 0 Å². The summed E-state index contributed by atoms with van der Waals surface area (Å²) in [4.78, 5) is 30.8. The minimum atomic E-state index is -0.141. The lowest BCUT2D eigenvalue weighted by atomic mass is 10.1. The molecule has 0 aliphatic carbocycles. The number of thioether (sulfide) groups is 1. The first-order valence-corrected chi connectivity index (χ1v) is 11.6. The van der Waals surface area contributed by atoms with E-state index in [0.29, 0.717) is 16.1 Å². The van der Waals surface area contributed by atoms with Gasteiger partial charge in [-0.05, 0) is 67.3 Å². The Bertz CT molecular complexity index is 1360. The summed E-state index contributed by atoms with van der Waals surface area (Å²) in [7, 11) is 0. The van der Waals surface area contributed by atoms with Gasteiger partial charge in [0.2, 0.25) is 5.91 Å². The predicted molar refractivity (Wildman–Crippen MR) is 132 cm³/mol. The third-order valence-corrected chi connectivity index (χ3v) is 6.45. The molecule has 1 heterocycles. The highest BCUT2D eigenvalue weighted by Gasteiger charge is 2.16. The fourth-order valence-corrected chi connectivity index (χ4v) is 4.40. The van der Waals surface area contributed by atoms with Crippen LogP contribution in [0, 0.1) is 13.8 Å².